The van der Waals surface area contributed by atoms with Crippen molar-refractivity contribution in [3.05, 3.63) is 0 Å². The van der Waals surface area contributed by atoms with Crippen LogP contribution in [0.5, 0.6) is 0 Å². The van der Waals surface area contributed by atoms with Crippen molar-refractivity contribution >= 4 is 0 Å². The van der Waals surface area contributed by atoms with Crippen LogP contribution in [0.15, 0.2) is 0 Å². The van der Waals surface area contributed by atoms with Gasteiger partial charge in [-0.15, -0.1) is 0 Å². The van der Waals surface area contributed by atoms with Crippen molar-refractivity contribution in [2.75, 3.05) is 6.61 Å². The second-order valence-corrected chi connectivity index (χ2v) is 2.99. The van der Waals surface area contributed by atoms with Gasteiger partial charge in [-0.3, -0.25) is 5.32 Å². The van der Waals surface area contributed by atoms with E-state index in [4.69, 9.17) is 10.8 Å². The minimum atomic E-state index is -0.614. The molecule has 0 aromatic heterocycles. The van der Waals surface area contributed by atoms with Crippen LogP contribution >= 0.6 is 0 Å². The lowest BCUT2D eigenvalue weighted by atomic mass is 10.1. The van der Waals surface area contributed by atoms with Crippen LogP contribution in [0.1, 0.15) is 20.3 Å². The van der Waals surface area contributed by atoms with Crippen LogP contribution in [-0.4, -0.2) is 29.2 Å². The number of hydrogen-bond donors (Lipinski definition) is 4. The first kappa shape index (κ1) is 10.8. The minimum absolute atomic E-state index is 0.0949. The molecule has 0 heterocycles. The highest BCUT2D eigenvalue weighted by atomic mass is 16.3. The molecule has 0 aliphatic carbocycles. The zero-order valence-electron chi connectivity index (χ0n) is 7.12. The first-order valence-corrected chi connectivity index (χ1v) is 3.86. The monoisotopic (exact) mass is 162 g/mol. The molecule has 0 radical (unpaired) electrons. The molecule has 0 amide bonds. The van der Waals surface area contributed by atoms with Crippen LogP contribution in [0.25, 0.3) is 0 Å². The summed E-state index contributed by atoms with van der Waals surface area (Å²) in [6.07, 6.45) is -0.300. The SMILES string of the molecule is CC(CO)CC(O)N[C@H](C)N. The zero-order valence-corrected chi connectivity index (χ0v) is 7.12. The molecule has 68 valence electrons. The van der Waals surface area contributed by atoms with Crippen LogP contribution in [-0.2, 0) is 0 Å². The molecule has 11 heavy (non-hydrogen) atoms. The van der Waals surface area contributed by atoms with E-state index in [1.165, 1.54) is 0 Å². The van der Waals surface area contributed by atoms with Gasteiger partial charge in [-0.2, -0.15) is 0 Å². The summed E-state index contributed by atoms with van der Waals surface area (Å²) in [5.41, 5.74) is 5.38. The third kappa shape index (κ3) is 6.25. The largest absolute Gasteiger partial charge is 0.396 e. The van der Waals surface area contributed by atoms with E-state index in [1.807, 2.05) is 6.92 Å². The Hall–Kier alpha value is -0.160. The first-order valence-electron chi connectivity index (χ1n) is 3.86. The highest BCUT2D eigenvalue weighted by molar-refractivity contribution is 4.60. The summed E-state index contributed by atoms with van der Waals surface area (Å²) in [6, 6.07) is 0. The summed E-state index contributed by atoms with van der Waals surface area (Å²) in [7, 11) is 0. The summed E-state index contributed by atoms with van der Waals surface area (Å²) in [4.78, 5) is 0. The van der Waals surface area contributed by atoms with E-state index in [2.05, 4.69) is 5.32 Å². The lowest BCUT2D eigenvalue weighted by molar-refractivity contribution is 0.0855. The summed E-state index contributed by atoms with van der Waals surface area (Å²) < 4.78 is 0. The molecular formula is C7H18N2O2. The van der Waals surface area contributed by atoms with E-state index in [1.54, 1.807) is 6.92 Å². The van der Waals surface area contributed by atoms with Gasteiger partial charge in [0.2, 0.25) is 0 Å². The predicted octanol–water partition coefficient (Wildman–Crippen LogP) is -0.782. The molecule has 0 fully saturated rings. The van der Waals surface area contributed by atoms with Crippen LogP contribution in [0.4, 0.5) is 0 Å². The Morgan fingerprint density at radius 3 is 2.36 bits per heavy atom. The summed E-state index contributed by atoms with van der Waals surface area (Å²) >= 11 is 0. The summed E-state index contributed by atoms with van der Waals surface area (Å²) in [5.74, 6) is 0.108. The lowest BCUT2D eigenvalue weighted by Gasteiger charge is -2.18. The van der Waals surface area contributed by atoms with E-state index in [0.29, 0.717) is 6.42 Å². The Kier molecular flexibility index (Phi) is 5.41. The Bertz CT molecular complexity index is 98.4. The second-order valence-electron chi connectivity index (χ2n) is 2.99. The van der Waals surface area contributed by atoms with Crippen molar-refractivity contribution in [1.29, 1.82) is 0 Å². The molecule has 0 bridgehead atoms. The number of rotatable bonds is 5. The molecule has 5 N–H and O–H groups in total. The average Bonchev–Trinajstić information content (AvgIpc) is 1.85. The topological polar surface area (TPSA) is 78.5 Å². The van der Waals surface area contributed by atoms with Crippen LogP contribution in [0, 0.1) is 5.92 Å². The van der Waals surface area contributed by atoms with Gasteiger partial charge in [0.15, 0.2) is 0 Å². The fraction of sp³-hybridized carbons (Fsp3) is 1.00. The summed E-state index contributed by atoms with van der Waals surface area (Å²) in [5, 5.41) is 20.6. The third-order valence-electron chi connectivity index (χ3n) is 1.39. The number of aliphatic hydroxyl groups is 2. The van der Waals surface area contributed by atoms with Crippen molar-refractivity contribution in [1.82, 2.24) is 5.32 Å². The molecular weight excluding hydrogens is 144 g/mol. The van der Waals surface area contributed by atoms with Crippen molar-refractivity contribution in [3.8, 4) is 0 Å². The smallest absolute Gasteiger partial charge is 0.106 e. The molecule has 0 aliphatic heterocycles. The quantitative estimate of drug-likeness (QED) is 0.400. The Labute approximate surface area is 67.4 Å². The number of nitrogens with one attached hydrogen (secondary N) is 1. The van der Waals surface area contributed by atoms with Crippen molar-refractivity contribution in [3.63, 3.8) is 0 Å². The second kappa shape index (κ2) is 5.49. The average molecular weight is 162 g/mol. The summed E-state index contributed by atoms with van der Waals surface area (Å²) in [6.45, 7) is 3.72. The van der Waals surface area contributed by atoms with Gasteiger partial charge in [-0.25, -0.2) is 0 Å². The normalized spacial score (nSPS) is 19.4. The van der Waals surface area contributed by atoms with Gasteiger partial charge in [0.05, 0.1) is 6.17 Å². The van der Waals surface area contributed by atoms with Gasteiger partial charge >= 0.3 is 0 Å². The van der Waals surface area contributed by atoms with Crippen molar-refractivity contribution in [2.24, 2.45) is 11.7 Å². The highest BCUT2D eigenvalue weighted by Crippen LogP contribution is 2.02. The lowest BCUT2D eigenvalue weighted by Crippen LogP contribution is -2.42. The predicted molar refractivity (Wildman–Crippen MR) is 43.7 cm³/mol. The fourth-order valence-corrected chi connectivity index (χ4v) is 0.827. The van der Waals surface area contributed by atoms with Crippen molar-refractivity contribution in [2.45, 2.75) is 32.7 Å². The molecule has 0 spiro atoms. The number of hydrogen-bond acceptors (Lipinski definition) is 4. The van der Waals surface area contributed by atoms with Crippen LogP contribution < -0.4 is 11.1 Å². The van der Waals surface area contributed by atoms with E-state index in [9.17, 15) is 5.11 Å². The fourth-order valence-electron chi connectivity index (χ4n) is 0.827. The molecule has 4 heteroatoms. The molecule has 0 saturated heterocycles. The molecule has 3 atom stereocenters. The maximum Gasteiger partial charge on any atom is 0.106 e. The Morgan fingerprint density at radius 2 is 2.00 bits per heavy atom. The molecule has 0 aromatic carbocycles. The first-order chi connectivity index (χ1) is 5.06. The Morgan fingerprint density at radius 1 is 1.45 bits per heavy atom. The van der Waals surface area contributed by atoms with Gasteiger partial charge in [0, 0.05) is 6.61 Å². The molecule has 2 unspecified atom stereocenters. The molecule has 0 rings (SSSR count). The molecule has 4 nitrogen and oxygen atoms in total. The van der Waals surface area contributed by atoms with Gasteiger partial charge in [0.25, 0.3) is 0 Å². The van der Waals surface area contributed by atoms with Crippen molar-refractivity contribution < 1.29 is 10.2 Å². The van der Waals surface area contributed by atoms with Crippen LogP contribution in [0.2, 0.25) is 0 Å². The van der Waals surface area contributed by atoms with Crippen LogP contribution in [0.3, 0.4) is 0 Å². The third-order valence-corrected chi connectivity index (χ3v) is 1.39. The molecule has 0 aliphatic rings. The van der Waals surface area contributed by atoms with Gasteiger partial charge < -0.3 is 15.9 Å². The maximum atomic E-state index is 9.22. The maximum absolute atomic E-state index is 9.22. The van der Waals surface area contributed by atoms with E-state index in [-0.39, 0.29) is 18.7 Å². The molecule has 0 saturated carbocycles. The van der Waals surface area contributed by atoms with Gasteiger partial charge in [-0.1, -0.05) is 6.92 Å². The van der Waals surface area contributed by atoms with E-state index in [0.717, 1.165) is 0 Å². The van der Waals surface area contributed by atoms with E-state index < -0.39 is 6.23 Å². The highest BCUT2D eigenvalue weighted by Gasteiger charge is 2.09. The Balaban J connectivity index is 3.43. The number of aliphatic hydroxyl groups excluding tert-OH is 2. The van der Waals surface area contributed by atoms with Gasteiger partial charge in [-0.05, 0) is 19.3 Å². The van der Waals surface area contributed by atoms with Gasteiger partial charge in [0.1, 0.15) is 6.23 Å². The standard InChI is InChI=1S/C7H18N2O2/c1-5(4-10)3-7(11)9-6(2)8/h5-7,9-11H,3-4,8H2,1-2H3/t5?,6-,7?/m1/s1. The molecule has 0 aromatic rings. The zero-order chi connectivity index (χ0) is 8.85. The number of nitrogens with two attached hydrogens (primary N) is 1. The van der Waals surface area contributed by atoms with E-state index >= 15 is 0 Å². The minimum Gasteiger partial charge on any atom is -0.396 e.